The highest BCUT2D eigenvalue weighted by molar-refractivity contribution is 7.15. The average Bonchev–Trinajstić information content (AvgIpc) is 3.00. The van der Waals surface area contributed by atoms with Gasteiger partial charge in [0.05, 0.1) is 6.54 Å². The monoisotopic (exact) mass is 397 g/mol. The first-order valence-corrected chi connectivity index (χ1v) is 9.55. The van der Waals surface area contributed by atoms with E-state index >= 15 is 0 Å². The first-order valence-electron chi connectivity index (χ1n) is 7.97. The summed E-state index contributed by atoms with van der Waals surface area (Å²) in [5, 5.41) is 4.55. The van der Waals surface area contributed by atoms with Gasteiger partial charge in [-0.25, -0.2) is 4.98 Å². The predicted molar refractivity (Wildman–Crippen MR) is 100 cm³/mol. The van der Waals surface area contributed by atoms with Crippen LogP contribution in [0.3, 0.4) is 0 Å². The SMILES string of the molecule is O=C(CN1CCCCC1=O)Nc1ncc(Cc2cc(Cl)ccc2Cl)s1. The fourth-order valence-electron chi connectivity index (χ4n) is 2.67. The van der Waals surface area contributed by atoms with Gasteiger partial charge in [0.2, 0.25) is 11.8 Å². The fraction of sp³-hybridized carbons (Fsp3) is 0.353. The van der Waals surface area contributed by atoms with Gasteiger partial charge in [-0.3, -0.25) is 9.59 Å². The maximum Gasteiger partial charge on any atom is 0.245 e. The van der Waals surface area contributed by atoms with E-state index in [4.69, 9.17) is 23.2 Å². The van der Waals surface area contributed by atoms with Gasteiger partial charge in [-0.05, 0) is 36.6 Å². The Bertz CT molecular complexity index is 794. The zero-order valence-corrected chi connectivity index (χ0v) is 15.8. The molecule has 1 aromatic heterocycles. The standard InChI is InChI=1S/C17H17Cl2N3O2S/c18-12-4-5-14(19)11(7-12)8-13-9-20-17(25-13)21-15(23)10-22-6-2-1-3-16(22)24/h4-5,7,9H,1-3,6,8,10H2,(H,20,21,23). The maximum atomic E-state index is 12.1. The molecule has 132 valence electrons. The van der Waals surface area contributed by atoms with Gasteiger partial charge < -0.3 is 10.2 Å². The lowest BCUT2D eigenvalue weighted by Gasteiger charge is -2.25. The van der Waals surface area contributed by atoms with Crippen LogP contribution in [0.25, 0.3) is 0 Å². The van der Waals surface area contributed by atoms with Crippen LogP contribution < -0.4 is 5.32 Å². The molecule has 1 aliphatic rings. The molecule has 1 N–H and O–H groups in total. The zero-order valence-electron chi connectivity index (χ0n) is 13.4. The molecule has 0 unspecified atom stereocenters. The second kappa shape index (κ2) is 8.17. The molecule has 5 nitrogen and oxygen atoms in total. The highest BCUT2D eigenvalue weighted by atomic mass is 35.5. The molecule has 2 aromatic rings. The molecule has 3 rings (SSSR count). The van der Waals surface area contributed by atoms with Crippen molar-refractivity contribution in [3.63, 3.8) is 0 Å². The number of benzene rings is 1. The second-order valence-corrected chi connectivity index (χ2v) is 7.82. The number of carbonyl (C=O) groups excluding carboxylic acids is 2. The number of carbonyl (C=O) groups is 2. The highest BCUT2D eigenvalue weighted by Gasteiger charge is 2.20. The van der Waals surface area contributed by atoms with E-state index in [1.165, 1.54) is 11.3 Å². The van der Waals surface area contributed by atoms with E-state index in [2.05, 4.69) is 10.3 Å². The van der Waals surface area contributed by atoms with Crippen molar-refractivity contribution in [2.45, 2.75) is 25.7 Å². The predicted octanol–water partition coefficient (Wildman–Crippen LogP) is 3.99. The van der Waals surface area contributed by atoms with Crippen molar-refractivity contribution in [1.29, 1.82) is 0 Å². The van der Waals surface area contributed by atoms with Crippen LogP contribution in [0.2, 0.25) is 10.0 Å². The molecule has 1 aliphatic heterocycles. The van der Waals surface area contributed by atoms with E-state index in [1.807, 2.05) is 6.07 Å². The van der Waals surface area contributed by atoms with E-state index in [1.54, 1.807) is 23.2 Å². The van der Waals surface area contributed by atoms with Gasteiger partial charge in [0.25, 0.3) is 0 Å². The summed E-state index contributed by atoms with van der Waals surface area (Å²) in [6, 6.07) is 5.33. The zero-order chi connectivity index (χ0) is 17.8. The smallest absolute Gasteiger partial charge is 0.245 e. The van der Waals surface area contributed by atoms with E-state index < -0.39 is 0 Å². The number of rotatable bonds is 5. The molecule has 0 radical (unpaired) electrons. The number of halogens is 2. The Morgan fingerprint density at radius 3 is 2.96 bits per heavy atom. The van der Waals surface area contributed by atoms with Crippen LogP contribution >= 0.6 is 34.5 Å². The molecule has 1 aromatic carbocycles. The minimum absolute atomic E-state index is 0.0387. The van der Waals surface area contributed by atoms with Gasteiger partial charge in [-0.2, -0.15) is 0 Å². The Kier molecular flexibility index (Phi) is 5.93. The number of thiazole rings is 1. The molecule has 8 heteroatoms. The topological polar surface area (TPSA) is 62.3 Å². The van der Waals surface area contributed by atoms with Crippen molar-refractivity contribution in [2.24, 2.45) is 0 Å². The molecule has 25 heavy (non-hydrogen) atoms. The largest absolute Gasteiger partial charge is 0.333 e. The Balaban J connectivity index is 1.58. The van der Waals surface area contributed by atoms with Gasteiger partial charge in [0, 0.05) is 40.5 Å². The minimum Gasteiger partial charge on any atom is -0.333 e. The molecular formula is C17H17Cl2N3O2S. The lowest BCUT2D eigenvalue weighted by atomic mass is 10.1. The first kappa shape index (κ1) is 18.2. The van der Waals surface area contributed by atoms with Crippen LogP contribution in [0.4, 0.5) is 5.13 Å². The summed E-state index contributed by atoms with van der Waals surface area (Å²) in [7, 11) is 0. The van der Waals surface area contributed by atoms with Gasteiger partial charge >= 0.3 is 0 Å². The van der Waals surface area contributed by atoms with Crippen molar-refractivity contribution in [3.05, 3.63) is 44.9 Å². The summed E-state index contributed by atoms with van der Waals surface area (Å²) >= 11 is 13.6. The molecule has 0 aliphatic carbocycles. The second-order valence-electron chi connectivity index (χ2n) is 5.86. The van der Waals surface area contributed by atoms with Crippen LogP contribution in [0, 0.1) is 0 Å². The van der Waals surface area contributed by atoms with Crippen LogP contribution in [0.15, 0.2) is 24.4 Å². The van der Waals surface area contributed by atoms with E-state index in [0.717, 1.165) is 23.3 Å². The lowest BCUT2D eigenvalue weighted by Crippen LogP contribution is -2.40. The molecular weight excluding hydrogens is 381 g/mol. The number of anilines is 1. The quantitative estimate of drug-likeness (QED) is 0.829. The highest BCUT2D eigenvalue weighted by Crippen LogP contribution is 2.27. The lowest BCUT2D eigenvalue weighted by molar-refractivity contribution is -0.136. The summed E-state index contributed by atoms with van der Waals surface area (Å²) in [4.78, 5) is 30.7. The number of amides is 2. The van der Waals surface area contributed by atoms with Crippen molar-refractivity contribution in [3.8, 4) is 0 Å². The number of nitrogens with zero attached hydrogens (tertiary/aromatic N) is 2. The molecule has 1 fully saturated rings. The summed E-state index contributed by atoms with van der Waals surface area (Å²) in [5.41, 5.74) is 0.912. The molecule has 0 spiro atoms. The molecule has 2 amide bonds. The maximum absolute atomic E-state index is 12.1. The molecule has 0 saturated carbocycles. The van der Waals surface area contributed by atoms with Crippen LogP contribution in [0.1, 0.15) is 29.7 Å². The number of nitrogens with one attached hydrogen (secondary N) is 1. The Hall–Kier alpha value is -1.63. The van der Waals surface area contributed by atoms with Crippen molar-refractivity contribution < 1.29 is 9.59 Å². The number of likely N-dealkylation sites (tertiary alicyclic amines) is 1. The number of hydrogen-bond donors (Lipinski definition) is 1. The number of aromatic nitrogens is 1. The molecule has 1 saturated heterocycles. The Morgan fingerprint density at radius 2 is 2.16 bits per heavy atom. The fourth-order valence-corrected chi connectivity index (χ4v) is 3.91. The Morgan fingerprint density at radius 1 is 1.32 bits per heavy atom. The van der Waals surface area contributed by atoms with Crippen LogP contribution in [-0.4, -0.2) is 34.8 Å². The van der Waals surface area contributed by atoms with Gasteiger partial charge in [0.1, 0.15) is 0 Å². The first-order chi connectivity index (χ1) is 12.0. The summed E-state index contributed by atoms with van der Waals surface area (Å²) < 4.78 is 0. The molecule has 0 atom stereocenters. The Labute approximate surface area is 160 Å². The minimum atomic E-state index is -0.225. The van der Waals surface area contributed by atoms with Crippen molar-refractivity contribution >= 4 is 51.5 Å². The third-order valence-corrected chi connectivity index (χ3v) is 5.44. The van der Waals surface area contributed by atoms with Crippen molar-refractivity contribution in [2.75, 3.05) is 18.4 Å². The van der Waals surface area contributed by atoms with E-state index in [9.17, 15) is 9.59 Å². The van der Waals surface area contributed by atoms with Crippen LogP contribution in [0.5, 0.6) is 0 Å². The average molecular weight is 398 g/mol. The number of hydrogen-bond acceptors (Lipinski definition) is 4. The van der Waals surface area contributed by atoms with Gasteiger partial charge in [-0.15, -0.1) is 11.3 Å². The summed E-state index contributed by atoms with van der Waals surface area (Å²) in [6.45, 7) is 0.719. The van der Waals surface area contributed by atoms with E-state index in [-0.39, 0.29) is 18.4 Å². The number of piperidine rings is 1. The summed E-state index contributed by atoms with van der Waals surface area (Å²) in [6.07, 6.45) is 4.68. The summed E-state index contributed by atoms with van der Waals surface area (Å²) in [5.74, 6) is -0.186. The van der Waals surface area contributed by atoms with Gasteiger partial charge in [0.15, 0.2) is 5.13 Å². The van der Waals surface area contributed by atoms with Crippen LogP contribution in [-0.2, 0) is 16.0 Å². The third-order valence-electron chi connectivity index (χ3n) is 3.93. The molecule has 2 heterocycles. The van der Waals surface area contributed by atoms with E-state index in [0.29, 0.717) is 34.6 Å². The normalized spacial score (nSPS) is 14.6. The van der Waals surface area contributed by atoms with Gasteiger partial charge in [-0.1, -0.05) is 23.2 Å². The van der Waals surface area contributed by atoms with Crippen molar-refractivity contribution in [1.82, 2.24) is 9.88 Å². The third kappa shape index (κ3) is 4.93. The molecule has 0 bridgehead atoms.